The number of amides is 1. The van der Waals surface area contributed by atoms with E-state index < -0.39 is 11.6 Å². The van der Waals surface area contributed by atoms with Crippen molar-refractivity contribution in [3.8, 4) is 11.3 Å². The standard InChI is InChI=1S/C22H26N2O4/c1-22(2,3)28-21(27)24-13-11-16(12-14-24)19-6-4-5-18(23-19)15-7-9-17(10-8-15)20(25)26/h4-10,16H,11-14H2,1-3H3,(H,25,26). The van der Waals surface area contributed by atoms with E-state index in [1.165, 1.54) is 0 Å². The first-order chi connectivity index (χ1) is 13.2. The molecule has 3 rings (SSSR count). The van der Waals surface area contributed by atoms with Gasteiger partial charge in [0.25, 0.3) is 0 Å². The Hall–Kier alpha value is -2.89. The summed E-state index contributed by atoms with van der Waals surface area (Å²) in [5.74, 6) is -0.651. The molecule has 2 aromatic rings. The summed E-state index contributed by atoms with van der Waals surface area (Å²) in [4.78, 5) is 29.8. The molecule has 0 atom stereocenters. The van der Waals surface area contributed by atoms with Gasteiger partial charge in [0.05, 0.1) is 11.3 Å². The monoisotopic (exact) mass is 382 g/mol. The minimum atomic E-state index is -0.940. The SMILES string of the molecule is CC(C)(C)OC(=O)N1CCC(c2cccc(-c3ccc(C(=O)O)cc3)n2)CC1. The zero-order valence-corrected chi connectivity index (χ0v) is 16.5. The Labute approximate surface area is 165 Å². The van der Waals surface area contributed by atoms with Crippen LogP contribution in [0.3, 0.4) is 0 Å². The summed E-state index contributed by atoms with van der Waals surface area (Å²) < 4.78 is 5.45. The summed E-state index contributed by atoms with van der Waals surface area (Å²) in [6.45, 7) is 6.92. The van der Waals surface area contributed by atoms with Gasteiger partial charge in [-0.25, -0.2) is 9.59 Å². The molecule has 0 aliphatic carbocycles. The number of aromatic nitrogens is 1. The Kier molecular flexibility index (Phi) is 5.68. The number of ether oxygens (including phenoxy) is 1. The van der Waals surface area contributed by atoms with Gasteiger partial charge in [-0.2, -0.15) is 0 Å². The zero-order chi connectivity index (χ0) is 20.3. The van der Waals surface area contributed by atoms with Crippen molar-refractivity contribution in [3.05, 3.63) is 53.7 Å². The van der Waals surface area contributed by atoms with Crippen LogP contribution in [0.5, 0.6) is 0 Å². The van der Waals surface area contributed by atoms with E-state index in [2.05, 4.69) is 0 Å². The van der Waals surface area contributed by atoms with Crippen LogP contribution in [0.15, 0.2) is 42.5 Å². The van der Waals surface area contributed by atoms with Gasteiger partial charge in [-0.3, -0.25) is 4.98 Å². The van der Waals surface area contributed by atoms with Gasteiger partial charge in [0.15, 0.2) is 0 Å². The van der Waals surface area contributed by atoms with Crippen LogP contribution < -0.4 is 0 Å². The molecule has 28 heavy (non-hydrogen) atoms. The molecule has 1 fully saturated rings. The predicted octanol–water partition coefficient (Wildman–Crippen LogP) is 4.56. The Balaban J connectivity index is 1.67. The summed E-state index contributed by atoms with van der Waals surface area (Å²) in [7, 11) is 0. The number of aromatic carboxylic acids is 1. The van der Waals surface area contributed by atoms with Crippen LogP contribution in [-0.4, -0.2) is 45.7 Å². The fourth-order valence-electron chi connectivity index (χ4n) is 3.31. The van der Waals surface area contributed by atoms with Crippen molar-refractivity contribution in [3.63, 3.8) is 0 Å². The smallest absolute Gasteiger partial charge is 0.410 e. The average Bonchev–Trinajstić information content (AvgIpc) is 2.67. The van der Waals surface area contributed by atoms with Gasteiger partial charge in [0.1, 0.15) is 5.60 Å². The lowest BCUT2D eigenvalue weighted by Crippen LogP contribution is -2.41. The minimum Gasteiger partial charge on any atom is -0.478 e. The van der Waals surface area contributed by atoms with Gasteiger partial charge in [-0.15, -0.1) is 0 Å². The molecular weight excluding hydrogens is 356 g/mol. The predicted molar refractivity (Wildman–Crippen MR) is 106 cm³/mol. The number of benzene rings is 1. The third kappa shape index (κ3) is 4.88. The summed E-state index contributed by atoms with van der Waals surface area (Å²) in [6.07, 6.45) is 1.42. The molecule has 148 valence electrons. The van der Waals surface area contributed by atoms with E-state index >= 15 is 0 Å². The van der Waals surface area contributed by atoms with Crippen molar-refractivity contribution in [1.82, 2.24) is 9.88 Å². The molecule has 1 saturated heterocycles. The summed E-state index contributed by atoms with van der Waals surface area (Å²) in [5.41, 5.74) is 2.49. The molecule has 1 amide bonds. The summed E-state index contributed by atoms with van der Waals surface area (Å²) in [5, 5.41) is 9.03. The van der Waals surface area contributed by atoms with Crippen LogP contribution in [0.1, 0.15) is 55.6 Å². The minimum absolute atomic E-state index is 0.258. The van der Waals surface area contributed by atoms with Crippen molar-refractivity contribution >= 4 is 12.1 Å². The number of likely N-dealkylation sites (tertiary alicyclic amines) is 1. The van der Waals surface area contributed by atoms with Gasteiger partial charge < -0.3 is 14.7 Å². The second kappa shape index (κ2) is 8.00. The highest BCUT2D eigenvalue weighted by Gasteiger charge is 2.28. The number of rotatable bonds is 3. The molecule has 6 nitrogen and oxygen atoms in total. The maximum Gasteiger partial charge on any atom is 0.410 e. The van der Waals surface area contributed by atoms with E-state index in [1.807, 2.05) is 39.0 Å². The fraction of sp³-hybridized carbons (Fsp3) is 0.409. The van der Waals surface area contributed by atoms with Crippen LogP contribution in [-0.2, 0) is 4.74 Å². The Bertz CT molecular complexity index is 848. The first-order valence-electron chi connectivity index (χ1n) is 9.51. The number of hydrogen-bond donors (Lipinski definition) is 1. The Morgan fingerprint density at radius 2 is 1.71 bits per heavy atom. The maximum atomic E-state index is 12.2. The number of piperidine rings is 1. The van der Waals surface area contributed by atoms with E-state index in [-0.39, 0.29) is 17.6 Å². The summed E-state index contributed by atoms with van der Waals surface area (Å²) >= 11 is 0. The zero-order valence-electron chi connectivity index (χ0n) is 16.5. The topological polar surface area (TPSA) is 79.7 Å². The molecule has 1 aliphatic rings. The highest BCUT2D eigenvalue weighted by Crippen LogP contribution is 2.29. The lowest BCUT2D eigenvalue weighted by molar-refractivity contribution is 0.0204. The van der Waals surface area contributed by atoms with Gasteiger partial charge in [-0.1, -0.05) is 18.2 Å². The third-order valence-corrected chi connectivity index (χ3v) is 4.76. The van der Waals surface area contributed by atoms with Crippen molar-refractivity contribution in [2.24, 2.45) is 0 Å². The number of carboxylic acids is 1. The normalized spacial score (nSPS) is 15.3. The molecule has 1 aromatic carbocycles. The van der Waals surface area contributed by atoms with E-state index in [4.69, 9.17) is 14.8 Å². The first kappa shape index (κ1) is 19.9. The highest BCUT2D eigenvalue weighted by atomic mass is 16.6. The van der Waals surface area contributed by atoms with E-state index in [0.717, 1.165) is 29.8 Å². The molecule has 0 spiro atoms. The molecule has 0 radical (unpaired) electrons. The van der Waals surface area contributed by atoms with Crippen LogP contribution in [0.2, 0.25) is 0 Å². The third-order valence-electron chi connectivity index (χ3n) is 4.76. The second-order valence-electron chi connectivity index (χ2n) is 8.07. The number of hydrogen-bond acceptors (Lipinski definition) is 4. The van der Waals surface area contributed by atoms with Crippen LogP contribution in [0.25, 0.3) is 11.3 Å². The van der Waals surface area contributed by atoms with E-state index in [0.29, 0.717) is 13.1 Å². The van der Waals surface area contributed by atoms with Crippen LogP contribution in [0, 0.1) is 0 Å². The molecule has 0 bridgehead atoms. The van der Waals surface area contributed by atoms with Gasteiger partial charge in [-0.05, 0) is 57.9 Å². The molecule has 0 saturated carbocycles. The number of pyridine rings is 1. The number of carbonyl (C=O) groups is 2. The fourth-order valence-corrected chi connectivity index (χ4v) is 3.31. The lowest BCUT2D eigenvalue weighted by atomic mass is 9.93. The molecule has 1 aromatic heterocycles. The maximum absolute atomic E-state index is 12.2. The number of nitrogens with zero attached hydrogens (tertiary/aromatic N) is 2. The second-order valence-corrected chi connectivity index (χ2v) is 8.07. The molecule has 6 heteroatoms. The van der Waals surface area contributed by atoms with Crippen molar-refractivity contribution < 1.29 is 19.4 Å². The summed E-state index contributed by atoms with van der Waals surface area (Å²) in [6, 6.07) is 12.7. The van der Waals surface area contributed by atoms with Crippen LogP contribution in [0.4, 0.5) is 4.79 Å². The highest BCUT2D eigenvalue weighted by molar-refractivity contribution is 5.88. The van der Waals surface area contributed by atoms with E-state index in [9.17, 15) is 9.59 Å². The largest absolute Gasteiger partial charge is 0.478 e. The number of carboxylic acid groups (broad SMARTS) is 1. The molecule has 1 N–H and O–H groups in total. The van der Waals surface area contributed by atoms with Crippen LogP contribution >= 0.6 is 0 Å². The quantitative estimate of drug-likeness (QED) is 0.842. The molecule has 0 unspecified atom stereocenters. The lowest BCUT2D eigenvalue weighted by Gasteiger charge is -2.33. The van der Waals surface area contributed by atoms with E-state index in [1.54, 1.807) is 29.2 Å². The van der Waals surface area contributed by atoms with Gasteiger partial charge >= 0.3 is 12.1 Å². The van der Waals surface area contributed by atoms with Crippen molar-refractivity contribution in [2.75, 3.05) is 13.1 Å². The molecule has 1 aliphatic heterocycles. The molecule has 2 heterocycles. The van der Waals surface area contributed by atoms with Gasteiger partial charge in [0.2, 0.25) is 0 Å². The Morgan fingerprint density at radius 3 is 2.29 bits per heavy atom. The molecular formula is C22H26N2O4. The van der Waals surface area contributed by atoms with Gasteiger partial charge in [0, 0.05) is 30.3 Å². The van der Waals surface area contributed by atoms with Crippen molar-refractivity contribution in [1.29, 1.82) is 0 Å². The average molecular weight is 382 g/mol. The number of carbonyl (C=O) groups excluding carboxylic acids is 1. The van der Waals surface area contributed by atoms with Crippen molar-refractivity contribution in [2.45, 2.75) is 45.1 Å². The first-order valence-corrected chi connectivity index (χ1v) is 9.51. The Morgan fingerprint density at radius 1 is 1.07 bits per heavy atom.